The number of carbonyl (C=O) groups excluding carboxylic acids is 1. The van der Waals surface area contributed by atoms with E-state index >= 15 is 0 Å². The Balaban J connectivity index is 2.21. The van der Waals surface area contributed by atoms with Gasteiger partial charge in [-0.1, -0.05) is 38.1 Å². The van der Waals surface area contributed by atoms with Crippen LogP contribution >= 0.6 is 0 Å². The van der Waals surface area contributed by atoms with Crippen LogP contribution in [0.25, 0.3) is 11.4 Å². The molecule has 0 unspecified atom stereocenters. The van der Waals surface area contributed by atoms with Crippen molar-refractivity contribution in [1.82, 2.24) is 10.1 Å². The minimum atomic E-state index is -0.454. The van der Waals surface area contributed by atoms with Gasteiger partial charge >= 0.3 is 0 Å². The normalized spacial score (nSPS) is 11.7. The Morgan fingerprint density at radius 1 is 1.35 bits per heavy atom. The zero-order valence-electron chi connectivity index (χ0n) is 12.0. The highest BCUT2D eigenvalue weighted by Crippen LogP contribution is 2.21. The van der Waals surface area contributed by atoms with E-state index in [1.807, 2.05) is 20.8 Å². The van der Waals surface area contributed by atoms with Crippen LogP contribution in [0.15, 0.2) is 22.7 Å². The van der Waals surface area contributed by atoms with Gasteiger partial charge in [-0.2, -0.15) is 4.98 Å². The minimum absolute atomic E-state index is 0.0165. The summed E-state index contributed by atoms with van der Waals surface area (Å²) in [4.78, 5) is 16.0. The third-order valence-electron chi connectivity index (χ3n) is 3.05. The van der Waals surface area contributed by atoms with Crippen molar-refractivity contribution in [3.63, 3.8) is 0 Å². The summed E-state index contributed by atoms with van der Waals surface area (Å²) in [5.41, 5.74) is 0.636. The molecule has 0 bridgehead atoms. The van der Waals surface area contributed by atoms with Gasteiger partial charge in [-0.3, -0.25) is 4.79 Å². The molecule has 0 saturated carbocycles. The minimum Gasteiger partial charge on any atom is -0.339 e. The molecular weight excluding hydrogens is 259 g/mol. The molecule has 0 fully saturated rings. The number of carbonyl (C=O) groups is 1. The molecule has 0 amide bonds. The van der Waals surface area contributed by atoms with Gasteiger partial charge in [0.1, 0.15) is 11.6 Å². The number of benzene rings is 1. The van der Waals surface area contributed by atoms with Gasteiger partial charge in [-0.05, 0) is 18.6 Å². The number of aromatic nitrogens is 2. The Kier molecular flexibility index (Phi) is 3.70. The molecule has 0 spiro atoms. The number of rotatable bonds is 3. The Bertz CT molecular complexity index is 642. The van der Waals surface area contributed by atoms with E-state index in [-0.39, 0.29) is 23.9 Å². The first kappa shape index (κ1) is 14.4. The van der Waals surface area contributed by atoms with Crippen LogP contribution in [0.3, 0.4) is 0 Å². The second kappa shape index (κ2) is 5.15. The topological polar surface area (TPSA) is 56.0 Å². The molecule has 5 heteroatoms. The van der Waals surface area contributed by atoms with Crippen LogP contribution in [-0.2, 0) is 11.2 Å². The Labute approximate surface area is 117 Å². The van der Waals surface area contributed by atoms with E-state index in [1.54, 1.807) is 19.1 Å². The van der Waals surface area contributed by atoms with Crippen molar-refractivity contribution < 1.29 is 13.7 Å². The van der Waals surface area contributed by atoms with E-state index in [0.717, 1.165) is 0 Å². The lowest BCUT2D eigenvalue weighted by molar-refractivity contribution is -0.125. The van der Waals surface area contributed by atoms with Crippen LogP contribution in [0.5, 0.6) is 0 Å². The van der Waals surface area contributed by atoms with Gasteiger partial charge in [-0.15, -0.1) is 0 Å². The van der Waals surface area contributed by atoms with Crippen molar-refractivity contribution in [3.05, 3.63) is 35.5 Å². The maximum absolute atomic E-state index is 13.5. The summed E-state index contributed by atoms with van der Waals surface area (Å²) in [6, 6.07) is 4.73. The number of aryl methyl sites for hydroxylation is 1. The summed E-state index contributed by atoms with van der Waals surface area (Å²) in [5.74, 6) is 0.240. The molecule has 0 aliphatic rings. The molecule has 20 heavy (non-hydrogen) atoms. The van der Waals surface area contributed by atoms with E-state index < -0.39 is 5.41 Å². The lowest BCUT2D eigenvalue weighted by atomic mass is 9.89. The van der Waals surface area contributed by atoms with Gasteiger partial charge in [0.15, 0.2) is 0 Å². The van der Waals surface area contributed by atoms with E-state index in [2.05, 4.69) is 10.1 Å². The highest BCUT2D eigenvalue weighted by atomic mass is 19.1. The van der Waals surface area contributed by atoms with E-state index in [4.69, 9.17) is 4.52 Å². The molecule has 0 aliphatic carbocycles. The summed E-state index contributed by atoms with van der Waals surface area (Å²) < 4.78 is 18.5. The van der Waals surface area contributed by atoms with Gasteiger partial charge in [0.2, 0.25) is 11.7 Å². The standard InChI is InChI=1S/C15H17FN2O2/c1-9-5-6-10(7-11(9)16)14-17-13(20-18-14)8-12(19)15(2,3)4/h5-7H,8H2,1-4H3. The molecule has 4 nitrogen and oxygen atoms in total. The first-order chi connectivity index (χ1) is 9.27. The number of Topliss-reactive ketones (excluding diaryl/α,β-unsaturated/α-hetero) is 1. The fourth-order valence-corrected chi connectivity index (χ4v) is 1.58. The van der Waals surface area contributed by atoms with Gasteiger partial charge in [-0.25, -0.2) is 4.39 Å². The SMILES string of the molecule is Cc1ccc(-c2noc(CC(=O)C(C)(C)C)n2)cc1F. The quantitative estimate of drug-likeness (QED) is 0.862. The summed E-state index contributed by atoms with van der Waals surface area (Å²) in [5, 5.41) is 3.79. The average molecular weight is 276 g/mol. The maximum atomic E-state index is 13.5. The number of ketones is 1. The largest absolute Gasteiger partial charge is 0.339 e. The van der Waals surface area contributed by atoms with Crippen molar-refractivity contribution in [2.45, 2.75) is 34.1 Å². The van der Waals surface area contributed by atoms with Crippen LogP contribution in [0.4, 0.5) is 4.39 Å². The predicted octanol–water partition coefficient (Wildman–Crippen LogP) is 3.34. The number of hydrogen-bond donors (Lipinski definition) is 0. The zero-order valence-corrected chi connectivity index (χ0v) is 12.0. The molecule has 1 heterocycles. The second-order valence-electron chi connectivity index (χ2n) is 5.83. The van der Waals surface area contributed by atoms with Crippen molar-refractivity contribution >= 4 is 5.78 Å². The van der Waals surface area contributed by atoms with Gasteiger partial charge < -0.3 is 4.52 Å². The Morgan fingerprint density at radius 2 is 2.05 bits per heavy atom. The smallest absolute Gasteiger partial charge is 0.234 e. The average Bonchev–Trinajstić information content (AvgIpc) is 2.80. The molecule has 0 radical (unpaired) electrons. The highest BCUT2D eigenvalue weighted by Gasteiger charge is 2.24. The van der Waals surface area contributed by atoms with E-state index in [1.165, 1.54) is 6.07 Å². The summed E-state index contributed by atoms with van der Waals surface area (Å²) in [6.45, 7) is 7.19. The van der Waals surface area contributed by atoms with Crippen molar-refractivity contribution in [3.8, 4) is 11.4 Å². The summed E-state index contributed by atoms with van der Waals surface area (Å²) in [6.07, 6.45) is 0.0881. The number of halogens is 1. The van der Waals surface area contributed by atoms with Crippen molar-refractivity contribution in [2.75, 3.05) is 0 Å². The number of hydrogen-bond acceptors (Lipinski definition) is 4. The fourth-order valence-electron chi connectivity index (χ4n) is 1.58. The van der Waals surface area contributed by atoms with Crippen LogP contribution in [0.2, 0.25) is 0 Å². The van der Waals surface area contributed by atoms with Crippen LogP contribution in [0.1, 0.15) is 32.2 Å². The van der Waals surface area contributed by atoms with Crippen LogP contribution in [0, 0.1) is 18.2 Å². The molecule has 1 aromatic carbocycles. The van der Waals surface area contributed by atoms with E-state index in [0.29, 0.717) is 17.0 Å². The van der Waals surface area contributed by atoms with Crippen LogP contribution in [-0.4, -0.2) is 15.9 Å². The summed E-state index contributed by atoms with van der Waals surface area (Å²) >= 11 is 0. The number of nitrogens with zero attached hydrogens (tertiary/aromatic N) is 2. The van der Waals surface area contributed by atoms with Crippen LogP contribution < -0.4 is 0 Å². The third kappa shape index (κ3) is 3.10. The first-order valence-electron chi connectivity index (χ1n) is 6.40. The lowest BCUT2D eigenvalue weighted by Crippen LogP contribution is -2.22. The molecule has 0 aliphatic heterocycles. The maximum Gasteiger partial charge on any atom is 0.234 e. The molecule has 0 saturated heterocycles. The molecular formula is C15H17FN2O2. The second-order valence-corrected chi connectivity index (χ2v) is 5.83. The molecule has 106 valence electrons. The third-order valence-corrected chi connectivity index (χ3v) is 3.05. The first-order valence-corrected chi connectivity index (χ1v) is 6.40. The monoisotopic (exact) mass is 276 g/mol. The Hall–Kier alpha value is -2.04. The molecule has 0 N–H and O–H groups in total. The lowest BCUT2D eigenvalue weighted by Gasteiger charge is -2.14. The van der Waals surface area contributed by atoms with E-state index in [9.17, 15) is 9.18 Å². The van der Waals surface area contributed by atoms with Gasteiger partial charge in [0, 0.05) is 11.0 Å². The predicted molar refractivity (Wildman–Crippen MR) is 72.6 cm³/mol. The fraction of sp³-hybridized carbons (Fsp3) is 0.400. The van der Waals surface area contributed by atoms with Crippen molar-refractivity contribution in [2.24, 2.45) is 5.41 Å². The van der Waals surface area contributed by atoms with Gasteiger partial charge in [0.25, 0.3) is 0 Å². The highest BCUT2D eigenvalue weighted by molar-refractivity contribution is 5.85. The zero-order chi connectivity index (χ0) is 14.9. The van der Waals surface area contributed by atoms with Gasteiger partial charge in [0.05, 0.1) is 6.42 Å². The molecule has 2 rings (SSSR count). The molecule has 1 aromatic heterocycles. The molecule has 2 aromatic rings. The van der Waals surface area contributed by atoms with Crippen molar-refractivity contribution in [1.29, 1.82) is 0 Å². The molecule has 0 atom stereocenters. The summed E-state index contributed by atoms with van der Waals surface area (Å²) in [7, 11) is 0. The Morgan fingerprint density at radius 3 is 2.65 bits per heavy atom.